The van der Waals surface area contributed by atoms with Crippen LogP contribution in [0.25, 0.3) is 0 Å². The Balaban J connectivity index is 0.000000288. The molecule has 0 amide bonds. The Labute approximate surface area is 109 Å². The molecule has 0 spiro atoms. The van der Waals surface area contributed by atoms with Gasteiger partial charge in [0.25, 0.3) is 0 Å². The number of benzene rings is 1. The molecule has 0 heterocycles. The third kappa shape index (κ3) is 5.69. The second-order valence-electron chi connectivity index (χ2n) is 3.92. The minimum atomic E-state index is 1.20. The first-order valence-corrected chi connectivity index (χ1v) is 7.06. The fourth-order valence-corrected chi connectivity index (χ4v) is 2.09. The van der Waals surface area contributed by atoms with Gasteiger partial charge in [0.05, 0.1) is 26.2 Å². The minimum absolute atomic E-state index is 1.20. The predicted molar refractivity (Wildman–Crippen MR) is 74.3 cm³/mol. The second-order valence-corrected chi connectivity index (χ2v) is 4.91. The van der Waals surface area contributed by atoms with Gasteiger partial charge in [0.2, 0.25) is 0 Å². The van der Waals surface area contributed by atoms with Crippen molar-refractivity contribution in [2.75, 3.05) is 26.2 Å². The molecule has 2 heteroatoms. The molecular formula is C14H25NSe. The van der Waals surface area contributed by atoms with Crippen molar-refractivity contribution in [2.24, 2.45) is 0 Å². The molecule has 0 atom stereocenters. The van der Waals surface area contributed by atoms with Gasteiger partial charge >= 0.3 is 50.8 Å². The van der Waals surface area contributed by atoms with Crippen molar-refractivity contribution in [3.05, 3.63) is 30.3 Å². The first-order valence-electron chi connectivity index (χ1n) is 6.21. The molecule has 1 nitrogen and oxygen atoms in total. The molecule has 1 aromatic rings. The summed E-state index contributed by atoms with van der Waals surface area (Å²) in [6, 6.07) is 10.1. The molecule has 0 bridgehead atoms. The molecule has 0 aliphatic heterocycles. The van der Waals surface area contributed by atoms with E-state index in [1.165, 1.54) is 35.1 Å². The third-order valence-electron chi connectivity index (χ3n) is 3.43. The number of quaternary nitrogens is 1. The van der Waals surface area contributed by atoms with Crippen molar-refractivity contribution in [1.82, 2.24) is 0 Å². The number of nitrogens with zero attached hydrogens (tertiary/aromatic N) is 1. The van der Waals surface area contributed by atoms with Gasteiger partial charge in [0, 0.05) is 0 Å². The van der Waals surface area contributed by atoms with E-state index in [9.17, 15) is 0 Å². The van der Waals surface area contributed by atoms with Crippen molar-refractivity contribution in [1.29, 1.82) is 0 Å². The third-order valence-corrected chi connectivity index (χ3v) is 4.00. The Morgan fingerprint density at radius 2 is 1.19 bits per heavy atom. The second kappa shape index (κ2) is 8.81. The van der Waals surface area contributed by atoms with Crippen molar-refractivity contribution in [3.8, 4) is 0 Å². The van der Waals surface area contributed by atoms with Gasteiger partial charge in [-0.15, -0.1) is 0 Å². The summed E-state index contributed by atoms with van der Waals surface area (Å²) in [5.41, 5.74) is 0. The van der Waals surface area contributed by atoms with Gasteiger partial charge in [-0.1, -0.05) is 0 Å². The van der Waals surface area contributed by atoms with Crippen LogP contribution in [0.3, 0.4) is 0 Å². The SMILES string of the molecule is CC[N+](CC)(CC)CC.[Se-]c1ccccc1. The summed E-state index contributed by atoms with van der Waals surface area (Å²) >= 11 is 2.90. The van der Waals surface area contributed by atoms with Crippen LogP contribution in [-0.4, -0.2) is 46.7 Å². The van der Waals surface area contributed by atoms with Crippen molar-refractivity contribution >= 4 is 20.5 Å². The number of rotatable bonds is 4. The molecule has 0 unspecified atom stereocenters. The molecule has 16 heavy (non-hydrogen) atoms. The average Bonchev–Trinajstić information content (AvgIpc) is 2.35. The van der Waals surface area contributed by atoms with E-state index in [4.69, 9.17) is 0 Å². The molecule has 1 rings (SSSR count). The standard InChI is InChI=1S/C8H20N.C6H6Se/c1-5-9(6-2,7-3)8-4;7-6-4-2-1-3-5-6/h5-8H2,1-4H3;1-5,7H/q+1;/p-1. The zero-order valence-electron chi connectivity index (χ0n) is 11.1. The normalized spacial score (nSPS) is 10.5. The molecule has 0 aliphatic rings. The molecule has 0 fully saturated rings. The predicted octanol–water partition coefficient (Wildman–Crippen LogP) is 2.36. The summed E-state index contributed by atoms with van der Waals surface area (Å²) in [4.78, 5) is 0. The van der Waals surface area contributed by atoms with E-state index in [0.29, 0.717) is 0 Å². The van der Waals surface area contributed by atoms with Gasteiger partial charge in [-0.3, -0.25) is 0 Å². The van der Waals surface area contributed by atoms with Gasteiger partial charge in [0.1, 0.15) is 0 Å². The van der Waals surface area contributed by atoms with Crippen LogP contribution in [0.4, 0.5) is 0 Å². The van der Waals surface area contributed by atoms with Crippen LogP contribution in [0.2, 0.25) is 0 Å². The number of hydrogen-bond acceptors (Lipinski definition) is 0. The zero-order chi connectivity index (χ0) is 12.4. The molecule has 0 aliphatic carbocycles. The van der Waals surface area contributed by atoms with Crippen LogP contribution < -0.4 is 4.46 Å². The molecule has 0 radical (unpaired) electrons. The van der Waals surface area contributed by atoms with Crippen LogP contribution in [0.15, 0.2) is 30.3 Å². The fraction of sp³-hybridized carbons (Fsp3) is 0.571. The van der Waals surface area contributed by atoms with E-state index >= 15 is 0 Å². The van der Waals surface area contributed by atoms with Crippen molar-refractivity contribution in [3.63, 3.8) is 0 Å². The fourth-order valence-electron chi connectivity index (χ4n) is 1.76. The van der Waals surface area contributed by atoms with Crippen LogP contribution in [-0.2, 0) is 0 Å². The van der Waals surface area contributed by atoms with E-state index in [0.717, 1.165) is 0 Å². The summed E-state index contributed by atoms with van der Waals surface area (Å²) in [6.45, 7) is 14.2. The first kappa shape index (κ1) is 15.7. The van der Waals surface area contributed by atoms with Gasteiger partial charge in [0.15, 0.2) is 0 Å². The van der Waals surface area contributed by atoms with E-state index in [-0.39, 0.29) is 0 Å². The summed E-state index contributed by atoms with van der Waals surface area (Å²) < 4.78 is 2.47. The molecule has 0 N–H and O–H groups in total. The Morgan fingerprint density at radius 1 is 0.812 bits per heavy atom. The van der Waals surface area contributed by atoms with E-state index in [2.05, 4.69) is 43.7 Å². The molecule has 1 aromatic carbocycles. The Morgan fingerprint density at radius 3 is 1.31 bits per heavy atom. The van der Waals surface area contributed by atoms with E-state index < -0.39 is 0 Å². The zero-order valence-corrected chi connectivity index (χ0v) is 12.8. The van der Waals surface area contributed by atoms with Crippen molar-refractivity contribution in [2.45, 2.75) is 27.7 Å². The number of hydrogen-bond donors (Lipinski definition) is 0. The van der Waals surface area contributed by atoms with E-state index in [1.54, 1.807) is 0 Å². The molecule has 0 saturated carbocycles. The average molecular weight is 286 g/mol. The summed E-state index contributed by atoms with van der Waals surface area (Å²) in [6.07, 6.45) is 0. The van der Waals surface area contributed by atoms with Gasteiger partial charge in [-0.25, -0.2) is 0 Å². The topological polar surface area (TPSA) is 0 Å². The molecule has 0 saturated heterocycles. The summed E-state index contributed by atoms with van der Waals surface area (Å²) in [7, 11) is 0. The van der Waals surface area contributed by atoms with Crippen LogP contribution in [0, 0.1) is 0 Å². The maximum atomic E-state index is 2.90. The monoisotopic (exact) mass is 287 g/mol. The van der Waals surface area contributed by atoms with E-state index in [1.807, 2.05) is 30.3 Å². The Kier molecular flexibility index (Phi) is 8.64. The first-order chi connectivity index (χ1) is 7.64. The van der Waals surface area contributed by atoms with Crippen LogP contribution in [0.5, 0.6) is 0 Å². The van der Waals surface area contributed by atoms with Gasteiger partial charge in [-0.05, 0) is 27.7 Å². The molecule has 92 valence electrons. The maximum absolute atomic E-state index is 2.90. The van der Waals surface area contributed by atoms with Crippen molar-refractivity contribution < 1.29 is 4.48 Å². The van der Waals surface area contributed by atoms with Crippen LogP contribution in [0.1, 0.15) is 27.7 Å². The van der Waals surface area contributed by atoms with Gasteiger partial charge in [-0.2, -0.15) is 0 Å². The Hall–Kier alpha value is -0.301. The molecular weight excluding hydrogens is 261 g/mol. The Bertz CT molecular complexity index is 237. The summed E-state index contributed by atoms with van der Waals surface area (Å²) in [5, 5.41) is 0. The quantitative estimate of drug-likeness (QED) is 0.589. The summed E-state index contributed by atoms with van der Waals surface area (Å²) in [5.74, 6) is 0. The molecule has 0 aromatic heterocycles. The van der Waals surface area contributed by atoms with Crippen LogP contribution >= 0.6 is 0 Å². The van der Waals surface area contributed by atoms with Gasteiger partial charge < -0.3 is 4.48 Å².